The van der Waals surface area contributed by atoms with Gasteiger partial charge in [0.25, 0.3) is 10.0 Å². The molecule has 1 aromatic carbocycles. The van der Waals surface area contributed by atoms with Gasteiger partial charge in [-0.25, -0.2) is 12.8 Å². The topological polar surface area (TPSA) is 66.5 Å². The fourth-order valence-electron chi connectivity index (χ4n) is 2.71. The number of piperidine rings is 1. The minimum Gasteiger partial charge on any atom is -0.326 e. The molecule has 128 valence electrons. The lowest BCUT2D eigenvalue weighted by atomic mass is 9.97. The minimum absolute atomic E-state index is 0.200. The van der Waals surface area contributed by atoms with Crippen LogP contribution in [0.1, 0.15) is 12.8 Å². The van der Waals surface area contributed by atoms with E-state index in [-0.39, 0.29) is 11.8 Å². The Morgan fingerprint density at radius 3 is 2.58 bits per heavy atom. The van der Waals surface area contributed by atoms with Gasteiger partial charge in [0.1, 0.15) is 10.0 Å². The molecule has 0 atom stereocenters. The number of hydrogen-bond donors (Lipinski definition) is 1. The summed E-state index contributed by atoms with van der Waals surface area (Å²) in [4.78, 5) is 12.3. The van der Waals surface area contributed by atoms with Crippen LogP contribution in [0, 0.1) is 11.7 Å². The zero-order valence-corrected chi connectivity index (χ0v) is 14.4. The third kappa shape index (κ3) is 3.66. The van der Waals surface area contributed by atoms with Crippen LogP contribution in [0.4, 0.5) is 10.1 Å². The summed E-state index contributed by atoms with van der Waals surface area (Å²) in [6, 6.07) is 9.01. The Kier molecular flexibility index (Phi) is 4.98. The van der Waals surface area contributed by atoms with Crippen molar-refractivity contribution in [2.45, 2.75) is 17.1 Å². The monoisotopic (exact) mass is 368 g/mol. The molecule has 0 saturated carbocycles. The lowest BCUT2D eigenvalue weighted by Gasteiger charge is -2.30. The average Bonchev–Trinajstić information content (AvgIpc) is 3.10. The second-order valence-electron chi connectivity index (χ2n) is 5.61. The molecule has 3 rings (SSSR count). The molecule has 8 heteroatoms. The third-order valence-corrected chi connectivity index (χ3v) is 7.28. The predicted octanol–water partition coefficient (Wildman–Crippen LogP) is 2.93. The van der Waals surface area contributed by atoms with Crippen LogP contribution >= 0.6 is 11.3 Å². The first kappa shape index (κ1) is 17.1. The van der Waals surface area contributed by atoms with Crippen molar-refractivity contribution in [1.82, 2.24) is 4.31 Å². The summed E-state index contributed by atoms with van der Waals surface area (Å²) < 4.78 is 39.8. The predicted molar refractivity (Wildman–Crippen MR) is 90.8 cm³/mol. The van der Waals surface area contributed by atoms with E-state index in [9.17, 15) is 17.6 Å². The molecule has 1 fully saturated rings. The highest BCUT2D eigenvalue weighted by atomic mass is 32.2. The standard InChI is InChI=1S/C16H17FN2O3S2/c17-13-3-1-4-14(11-13)18-16(20)12-6-8-19(9-7-12)24(21,22)15-5-2-10-23-15/h1-5,10-12H,6-9H2,(H,18,20). The molecule has 0 spiro atoms. The van der Waals surface area contributed by atoms with Crippen LogP contribution in [-0.2, 0) is 14.8 Å². The number of rotatable bonds is 4. The summed E-state index contributed by atoms with van der Waals surface area (Å²) in [7, 11) is -3.46. The van der Waals surface area contributed by atoms with Crippen molar-refractivity contribution in [3.05, 3.63) is 47.6 Å². The van der Waals surface area contributed by atoms with E-state index < -0.39 is 15.8 Å². The maximum Gasteiger partial charge on any atom is 0.252 e. The van der Waals surface area contributed by atoms with Crippen LogP contribution in [0.25, 0.3) is 0 Å². The van der Waals surface area contributed by atoms with Gasteiger partial charge in [-0.2, -0.15) is 4.31 Å². The summed E-state index contributed by atoms with van der Waals surface area (Å²) in [6.07, 6.45) is 0.900. The smallest absolute Gasteiger partial charge is 0.252 e. The highest BCUT2D eigenvalue weighted by Gasteiger charge is 2.32. The largest absolute Gasteiger partial charge is 0.326 e. The van der Waals surface area contributed by atoms with Gasteiger partial charge in [-0.05, 0) is 42.5 Å². The molecule has 0 bridgehead atoms. The molecule has 2 aromatic rings. The van der Waals surface area contributed by atoms with E-state index in [2.05, 4.69) is 5.32 Å². The van der Waals surface area contributed by atoms with Gasteiger partial charge < -0.3 is 5.32 Å². The maximum absolute atomic E-state index is 13.2. The number of thiophene rings is 1. The molecule has 0 unspecified atom stereocenters. The fraction of sp³-hybridized carbons (Fsp3) is 0.312. The highest BCUT2D eigenvalue weighted by molar-refractivity contribution is 7.91. The van der Waals surface area contributed by atoms with Crippen molar-refractivity contribution in [1.29, 1.82) is 0 Å². The molecule has 1 aromatic heterocycles. The van der Waals surface area contributed by atoms with Crippen LogP contribution in [-0.4, -0.2) is 31.7 Å². The number of carbonyl (C=O) groups is 1. The Bertz CT molecular complexity index is 814. The van der Waals surface area contributed by atoms with E-state index in [1.807, 2.05) is 0 Å². The Morgan fingerprint density at radius 2 is 1.96 bits per heavy atom. The lowest BCUT2D eigenvalue weighted by molar-refractivity contribution is -0.120. The van der Waals surface area contributed by atoms with Crippen molar-refractivity contribution in [2.24, 2.45) is 5.92 Å². The SMILES string of the molecule is O=C(Nc1cccc(F)c1)C1CCN(S(=O)(=O)c2cccs2)CC1. The molecule has 1 N–H and O–H groups in total. The number of anilines is 1. The Hall–Kier alpha value is -1.77. The van der Waals surface area contributed by atoms with E-state index in [0.717, 1.165) is 0 Å². The van der Waals surface area contributed by atoms with Crippen LogP contribution in [0.5, 0.6) is 0 Å². The van der Waals surface area contributed by atoms with Gasteiger partial charge in [-0.3, -0.25) is 4.79 Å². The van der Waals surface area contributed by atoms with E-state index in [1.54, 1.807) is 23.6 Å². The molecule has 24 heavy (non-hydrogen) atoms. The van der Waals surface area contributed by atoms with Crippen LogP contribution in [0.2, 0.25) is 0 Å². The average molecular weight is 368 g/mol. The second kappa shape index (κ2) is 7.00. The van der Waals surface area contributed by atoms with Crippen molar-refractivity contribution in [3.63, 3.8) is 0 Å². The first-order valence-electron chi connectivity index (χ1n) is 7.57. The first-order chi connectivity index (χ1) is 11.5. The fourth-order valence-corrected chi connectivity index (χ4v) is 5.32. The molecular weight excluding hydrogens is 351 g/mol. The van der Waals surface area contributed by atoms with Gasteiger partial charge in [-0.1, -0.05) is 12.1 Å². The summed E-state index contributed by atoms with van der Waals surface area (Å²) in [5.41, 5.74) is 0.411. The van der Waals surface area contributed by atoms with Gasteiger partial charge in [0.2, 0.25) is 5.91 Å². The minimum atomic E-state index is -3.46. The van der Waals surface area contributed by atoms with E-state index in [1.165, 1.54) is 33.8 Å². The second-order valence-corrected chi connectivity index (χ2v) is 8.72. The number of hydrogen-bond acceptors (Lipinski definition) is 4. The Labute approximate surface area is 144 Å². The number of benzene rings is 1. The molecule has 1 amide bonds. The molecular formula is C16H17FN2O3S2. The molecule has 0 radical (unpaired) electrons. The van der Waals surface area contributed by atoms with Gasteiger partial charge in [-0.15, -0.1) is 11.3 Å². The number of nitrogens with zero attached hydrogens (tertiary/aromatic N) is 1. The molecule has 1 aliphatic rings. The van der Waals surface area contributed by atoms with Crippen molar-refractivity contribution >= 4 is 33.0 Å². The third-order valence-electron chi connectivity index (χ3n) is 4.01. The maximum atomic E-state index is 13.2. The number of carbonyl (C=O) groups excluding carboxylic acids is 1. The molecule has 5 nitrogen and oxygen atoms in total. The van der Waals surface area contributed by atoms with Crippen molar-refractivity contribution in [3.8, 4) is 0 Å². The van der Waals surface area contributed by atoms with Crippen molar-refractivity contribution in [2.75, 3.05) is 18.4 Å². The van der Waals surface area contributed by atoms with Gasteiger partial charge in [0.05, 0.1) is 0 Å². The zero-order valence-electron chi connectivity index (χ0n) is 12.8. The highest BCUT2D eigenvalue weighted by Crippen LogP contribution is 2.27. The molecule has 2 heterocycles. The van der Waals surface area contributed by atoms with Crippen LogP contribution in [0.15, 0.2) is 46.0 Å². The van der Waals surface area contributed by atoms with Gasteiger partial charge in [0.15, 0.2) is 0 Å². The first-order valence-corrected chi connectivity index (χ1v) is 9.89. The Morgan fingerprint density at radius 1 is 1.21 bits per heavy atom. The molecule has 1 saturated heterocycles. The molecule has 1 aliphatic heterocycles. The normalized spacial score (nSPS) is 16.9. The number of sulfonamides is 1. The lowest BCUT2D eigenvalue weighted by Crippen LogP contribution is -2.41. The van der Waals surface area contributed by atoms with Crippen LogP contribution < -0.4 is 5.32 Å². The quantitative estimate of drug-likeness (QED) is 0.902. The van der Waals surface area contributed by atoms with Gasteiger partial charge >= 0.3 is 0 Å². The van der Waals surface area contributed by atoms with E-state index in [0.29, 0.717) is 35.8 Å². The van der Waals surface area contributed by atoms with Gasteiger partial charge in [0, 0.05) is 24.7 Å². The number of nitrogens with one attached hydrogen (secondary N) is 1. The summed E-state index contributed by atoms with van der Waals surface area (Å²) in [6.45, 7) is 0.614. The number of amides is 1. The summed E-state index contributed by atoms with van der Waals surface area (Å²) in [5.74, 6) is -0.888. The molecule has 0 aliphatic carbocycles. The van der Waals surface area contributed by atoms with Crippen molar-refractivity contribution < 1.29 is 17.6 Å². The number of halogens is 1. The van der Waals surface area contributed by atoms with E-state index >= 15 is 0 Å². The Balaban J connectivity index is 1.60. The summed E-state index contributed by atoms with van der Waals surface area (Å²) >= 11 is 1.19. The zero-order chi connectivity index (χ0) is 17.2. The van der Waals surface area contributed by atoms with Crippen LogP contribution in [0.3, 0.4) is 0 Å². The van der Waals surface area contributed by atoms with E-state index in [4.69, 9.17) is 0 Å². The summed E-state index contributed by atoms with van der Waals surface area (Å²) in [5, 5.41) is 4.42.